The van der Waals surface area contributed by atoms with Crippen molar-refractivity contribution in [3.63, 3.8) is 0 Å². The van der Waals surface area contributed by atoms with Crippen LogP contribution in [0.3, 0.4) is 0 Å². The van der Waals surface area contributed by atoms with Gasteiger partial charge >= 0.3 is 0 Å². The van der Waals surface area contributed by atoms with E-state index in [1.807, 2.05) is 0 Å². The number of hydrogen-bond acceptors (Lipinski definition) is 2. The zero-order valence-electron chi connectivity index (χ0n) is 7.55. The van der Waals surface area contributed by atoms with Crippen molar-refractivity contribution in [3.8, 4) is 0 Å². The first-order chi connectivity index (χ1) is 3.46. The molecule has 0 fully saturated rings. The van der Waals surface area contributed by atoms with Gasteiger partial charge in [0.2, 0.25) is 0 Å². The quantitative estimate of drug-likeness (QED) is 0.562. The number of hydrogen-bond donors (Lipinski definition) is 2. The minimum atomic E-state index is -0.167. The van der Waals surface area contributed by atoms with Crippen LogP contribution in [-0.2, 0) is 25.8 Å². The van der Waals surface area contributed by atoms with Crippen LogP contribution in [0.15, 0.2) is 0 Å². The summed E-state index contributed by atoms with van der Waals surface area (Å²) in [7, 11) is 0. The van der Waals surface area contributed by atoms with Crippen molar-refractivity contribution in [3.05, 3.63) is 0 Å². The van der Waals surface area contributed by atoms with E-state index in [0.717, 1.165) is 0 Å². The van der Waals surface area contributed by atoms with Crippen LogP contribution in [0.1, 0.15) is 27.7 Å². The Kier molecular flexibility index (Phi) is 60.8. The number of aliphatic hydroxyl groups excluding tert-OH is 2. The molecule has 0 aliphatic carbocycles. The van der Waals surface area contributed by atoms with E-state index < -0.39 is 0 Å². The molecule has 0 aromatic heterocycles. The summed E-state index contributed by atoms with van der Waals surface area (Å²) in [6.45, 7) is 6.89. The van der Waals surface area contributed by atoms with Gasteiger partial charge in [-0.05, 0) is 27.7 Å². The molecule has 72 valence electrons. The van der Waals surface area contributed by atoms with E-state index in [0.29, 0.717) is 0 Å². The van der Waals surface area contributed by atoms with Crippen LogP contribution in [0.4, 0.5) is 0 Å². The molecule has 0 aromatic rings. The fraction of sp³-hybridized carbons (Fsp3) is 1.00. The van der Waals surface area contributed by atoms with Crippen molar-refractivity contribution in [1.82, 2.24) is 0 Å². The molecule has 6 N–H and O–H groups in total. The second-order valence-corrected chi connectivity index (χ2v) is 2.19. The van der Waals surface area contributed by atoms with Gasteiger partial charge in [0.1, 0.15) is 0 Å². The normalized spacial score (nSPS) is 6.55. The van der Waals surface area contributed by atoms with Crippen LogP contribution < -0.4 is 0 Å². The third kappa shape index (κ3) is 1610. The molecule has 0 rings (SSSR count). The molecule has 5 heteroatoms. The molecule has 0 radical (unpaired) electrons. The Morgan fingerprint density at radius 1 is 0.727 bits per heavy atom. The Labute approximate surface area is 87.0 Å². The van der Waals surface area contributed by atoms with E-state index in [9.17, 15) is 0 Å². The molecule has 11 heavy (non-hydrogen) atoms. The molecule has 4 nitrogen and oxygen atoms in total. The van der Waals surface area contributed by atoms with Crippen molar-refractivity contribution in [2.45, 2.75) is 39.9 Å². The van der Waals surface area contributed by atoms with Gasteiger partial charge in [-0.15, -0.1) is 0 Å². The molecule has 0 atom stereocenters. The van der Waals surface area contributed by atoms with E-state index in [4.69, 9.17) is 10.2 Å². The van der Waals surface area contributed by atoms with E-state index in [1.54, 1.807) is 27.7 Å². The second-order valence-electron chi connectivity index (χ2n) is 2.19. The van der Waals surface area contributed by atoms with Crippen molar-refractivity contribution in [1.29, 1.82) is 0 Å². The monoisotopic (exact) mass is 336 g/mol. The Balaban J connectivity index is -0.0000000171. The third-order valence-electron chi connectivity index (χ3n) is 0. The fourth-order valence-electron chi connectivity index (χ4n) is 0. The largest absolute Gasteiger partial charge is 0.412 e. The summed E-state index contributed by atoms with van der Waals surface area (Å²) in [6.07, 6.45) is -0.333. The maximum absolute atomic E-state index is 8.06. The van der Waals surface area contributed by atoms with Gasteiger partial charge in [0.15, 0.2) is 0 Å². The first kappa shape index (κ1) is 29.8. The zero-order valence-corrected chi connectivity index (χ0v) is 11.1. The maximum Gasteiger partial charge on any atom is 0.0483 e. The molecular weight excluding hydrogens is 315 g/mol. The zero-order chi connectivity index (χ0) is 7.15. The Hall–Kier alpha value is 0.710. The Bertz CT molecular complexity index is 30.1. The number of rotatable bonds is 0. The van der Waals surface area contributed by atoms with Crippen molar-refractivity contribution < 1.29 is 47.0 Å². The minimum absolute atomic E-state index is 0. The van der Waals surface area contributed by atoms with Crippen molar-refractivity contribution in [2.24, 2.45) is 0 Å². The SMILES string of the molecule is CC(C)O.CC(C)O.O.O.[Hf]. The molecule has 0 amide bonds. The fourth-order valence-corrected chi connectivity index (χ4v) is 0. The first-order valence-corrected chi connectivity index (χ1v) is 2.83. The summed E-state index contributed by atoms with van der Waals surface area (Å²) in [5, 5.41) is 16.1. The molecule has 0 aromatic carbocycles. The van der Waals surface area contributed by atoms with Gasteiger partial charge < -0.3 is 21.2 Å². The smallest absolute Gasteiger partial charge is 0.0483 e. The van der Waals surface area contributed by atoms with Crippen LogP contribution in [0.25, 0.3) is 0 Å². The first-order valence-electron chi connectivity index (χ1n) is 2.83. The summed E-state index contributed by atoms with van der Waals surface area (Å²) in [5.74, 6) is 0. The van der Waals surface area contributed by atoms with E-state index in [1.165, 1.54) is 0 Å². The molecule has 0 aliphatic heterocycles. The molecule has 0 saturated carbocycles. The average molecular weight is 335 g/mol. The van der Waals surface area contributed by atoms with Gasteiger partial charge in [-0.25, -0.2) is 0 Å². The Morgan fingerprint density at radius 2 is 0.727 bits per heavy atom. The number of aliphatic hydroxyl groups is 2. The van der Waals surface area contributed by atoms with Crippen LogP contribution in [0.2, 0.25) is 0 Å². The van der Waals surface area contributed by atoms with Gasteiger partial charge in [0, 0.05) is 38.1 Å². The topological polar surface area (TPSA) is 103 Å². The summed E-state index contributed by atoms with van der Waals surface area (Å²) < 4.78 is 0. The van der Waals surface area contributed by atoms with Crippen LogP contribution in [0, 0.1) is 0 Å². The van der Waals surface area contributed by atoms with E-state index >= 15 is 0 Å². The molecule has 0 spiro atoms. The van der Waals surface area contributed by atoms with E-state index in [2.05, 4.69) is 0 Å². The van der Waals surface area contributed by atoms with E-state index in [-0.39, 0.29) is 49.0 Å². The molecule has 0 aliphatic rings. The molecular formula is C6H20HfO4. The van der Waals surface area contributed by atoms with Crippen molar-refractivity contribution in [2.75, 3.05) is 0 Å². The predicted octanol–water partition coefficient (Wildman–Crippen LogP) is -0.878. The third-order valence-corrected chi connectivity index (χ3v) is 0. The Morgan fingerprint density at radius 3 is 0.727 bits per heavy atom. The van der Waals surface area contributed by atoms with Crippen LogP contribution in [-0.4, -0.2) is 33.4 Å². The summed E-state index contributed by atoms with van der Waals surface area (Å²) >= 11 is 0. The predicted molar refractivity (Wildman–Crippen MR) is 41.9 cm³/mol. The molecule has 0 unspecified atom stereocenters. The molecule has 0 heterocycles. The molecule has 0 saturated heterocycles. The standard InChI is InChI=1S/2C3H8O.Hf.2H2O/c2*1-3(2)4;;;/h2*3-4H,1-2H3;;2*1H2. The summed E-state index contributed by atoms with van der Waals surface area (Å²) in [5.41, 5.74) is 0. The van der Waals surface area contributed by atoms with Gasteiger partial charge in [-0.1, -0.05) is 0 Å². The average Bonchev–Trinajstić information content (AvgIpc) is 1.25. The second kappa shape index (κ2) is 22.4. The van der Waals surface area contributed by atoms with Gasteiger partial charge in [0.25, 0.3) is 0 Å². The van der Waals surface area contributed by atoms with Gasteiger partial charge in [-0.3, -0.25) is 0 Å². The van der Waals surface area contributed by atoms with Crippen LogP contribution in [0.5, 0.6) is 0 Å². The van der Waals surface area contributed by atoms with Gasteiger partial charge in [-0.2, -0.15) is 0 Å². The maximum atomic E-state index is 8.06. The minimum Gasteiger partial charge on any atom is -0.412 e. The molecule has 0 bridgehead atoms. The van der Waals surface area contributed by atoms with Gasteiger partial charge in [0.05, 0.1) is 0 Å². The summed E-state index contributed by atoms with van der Waals surface area (Å²) in [6, 6.07) is 0. The summed E-state index contributed by atoms with van der Waals surface area (Å²) in [4.78, 5) is 0. The van der Waals surface area contributed by atoms with Crippen molar-refractivity contribution >= 4 is 0 Å². The van der Waals surface area contributed by atoms with Crippen LogP contribution >= 0.6 is 0 Å².